The molecule has 5 heteroatoms. The van der Waals surface area contributed by atoms with Crippen molar-refractivity contribution in [2.24, 2.45) is 0 Å². The summed E-state index contributed by atoms with van der Waals surface area (Å²) in [6.45, 7) is 3.20. The number of hydrogen-bond acceptors (Lipinski definition) is 2. The molecule has 1 aromatic heterocycles. The molecule has 0 saturated heterocycles. The van der Waals surface area contributed by atoms with Crippen LogP contribution in [0.15, 0.2) is 29.1 Å². The molecule has 0 bridgehead atoms. The number of benzene rings is 1. The van der Waals surface area contributed by atoms with Gasteiger partial charge in [-0.1, -0.05) is 12.1 Å². The van der Waals surface area contributed by atoms with Gasteiger partial charge in [-0.15, -0.1) is 0 Å². The van der Waals surface area contributed by atoms with Crippen molar-refractivity contribution in [3.63, 3.8) is 0 Å². The van der Waals surface area contributed by atoms with Crippen molar-refractivity contribution in [2.45, 2.75) is 32.9 Å². The molecule has 0 aliphatic carbocycles. The molecule has 2 rings (SSSR count). The van der Waals surface area contributed by atoms with Gasteiger partial charge in [0.1, 0.15) is 0 Å². The summed E-state index contributed by atoms with van der Waals surface area (Å²) in [5, 5.41) is 0. The molecule has 0 saturated carbocycles. The SMILES string of the molecule is CCn1c(=O)n(CCCC(=O)N(C)C)c2ccccc21. The second-order valence-corrected chi connectivity index (χ2v) is 5.06. The third kappa shape index (κ3) is 2.61. The van der Waals surface area contributed by atoms with Crippen LogP contribution in [-0.2, 0) is 17.9 Å². The van der Waals surface area contributed by atoms with Gasteiger partial charge in [-0.25, -0.2) is 4.79 Å². The van der Waals surface area contributed by atoms with Crippen molar-refractivity contribution in [3.8, 4) is 0 Å². The van der Waals surface area contributed by atoms with Crippen LogP contribution in [0.2, 0.25) is 0 Å². The van der Waals surface area contributed by atoms with Gasteiger partial charge < -0.3 is 4.90 Å². The maximum absolute atomic E-state index is 12.4. The van der Waals surface area contributed by atoms with Crippen LogP contribution in [0, 0.1) is 0 Å². The average Bonchev–Trinajstić information content (AvgIpc) is 2.71. The van der Waals surface area contributed by atoms with Gasteiger partial charge in [-0.05, 0) is 25.5 Å². The lowest BCUT2D eigenvalue weighted by Gasteiger charge is -2.09. The van der Waals surface area contributed by atoms with E-state index in [1.54, 1.807) is 28.1 Å². The molecular weight excluding hydrogens is 254 g/mol. The molecule has 0 spiro atoms. The molecule has 20 heavy (non-hydrogen) atoms. The Labute approximate surface area is 118 Å². The van der Waals surface area contributed by atoms with Crippen LogP contribution in [0.4, 0.5) is 0 Å². The number of fused-ring (bicyclic) bond motifs is 1. The Morgan fingerprint density at radius 3 is 2.30 bits per heavy atom. The lowest BCUT2D eigenvalue weighted by molar-refractivity contribution is -0.128. The molecule has 1 amide bonds. The quantitative estimate of drug-likeness (QED) is 0.833. The van der Waals surface area contributed by atoms with Gasteiger partial charge in [0.2, 0.25) is 5.91 Å². The number of aromatic nitrogens is 2. The Hall–Kier alpha value is -2.04. The van der Waals surface area contributed by atoms with E-state index >= 15 is 0 Å². The number of aryl methyl sites for hydroxylation is 2. The van der Waals surface area contributed by atoms with Gasteiger partial charge in [0.15, 0.2) is 0 Å². The summed E-state index contributed by atoms with van der Waals surface area (Å²) in [4.78, 5) is 25.5. The number of carbonyl (C=O) groups is 1. The number of carbonyl (C=O) groups excluding carboxylic acids is 1. The number of rotatable bonds is 5. The van der Waals surface area contributed by atoms with E-state index in [2.05, 4.69) is 0 Å². The van der Waals surface area contributed by atoms with E-state index in [-0.39, 0.29) is 11.6 Å². The number of amides is 1. The molecule has 0 aliphatic heterocycles. The zero-order valence-electron chi connectivity index (χ0n) is 12.3. The Balaban J connectivity index is 2.24. The predicted molar refractivity (Wildman–Crippen MR) is 79.8 cm³/mol. The molecule has 0 fully saturated rings. The monoisotopic (exact) mass is 275 g/mol. The average molecular weight is 275 g/mol. The van der Waals surface area contributed by atoms with Crippen molar-refractivity contribution in [1.82, 2.24) is 14.0 Å². The minimum atomic E-state index is 0.00556. The van der Waals surface area contributed by atoms with E-state index < -0.39 is 0 Å². The second-order valence-electron chi connectivity index (χ2n) is 5.06. The fraction of sp³-hybridized carbons (Fsp3) is 0.467. The van der Waals surface area contributed by atoms with Crippen LogP contribution >= 0.6 is 0 Å². The number of imidazole rings is 1. The van der Waals surface area contributed by atoms with Gasteiger partial charge >= 0.3 is 5.69 Å². The lowest BCUT2D eigenvalue weighted by atomic mass is 10.2. The van der Waals surface area contributed by atoms with Gasteiger partial charge in [0, 0.05) is 33.6 Å². The molecule has 108 valence electrons. The number of para-hydroxylation sites is 2. The van der Waals surface area contributed by atoms with Crippen LogP contribution in [-0.4, -0.2) is 34.0 Å². The van der Waals surface area contributed by atoms with Crippen LogP contribution < -0.4 is 5.69 Å². The van der Waals surface area contributed by atoms with Crippen molar-refractivity contribution < 1.29 is 4.79 Å². The summed E-state index contributed by atoms with van der Waals surface area (Å²) in [6.07, 6.45) is 1.14. The van der Waals surface area contributed by atoms with Crippen molar-refractivity contribution in [3.05, 3.63) is 34.7 Å². The van der Waals surface area contributed by atoms with Crippen LogP contribution in [0.1, 0.15) is 19.8 Å². The largest absolute Gasteiger partial charge is 0.349 e. The third-order valence-electron chi connectivity index (χ3n) is 3.51. The minimum Gasteiger partial charge on any atom is -0.349 e. The molecule has 5 nitrogen and oxygen atoms in total. The number of hydrogen-bond donors (Lipinski definition) is 0. The molecular formula is C15H21N3O2. The topological polar surface area (TPSA) is 47.2 Å². The Kier molecular flexibility index (Phi) is 4.27. The standard InChI is InChI=1S/C15H21N3O2/c1-4-17-12-8-5-6-9-13(12)18(15(17)20)11-7-10-14(19)16(2)3/h5-6,8-9H,4,7,10-11H2,1-3H3. The molecule has 2 aromatic rings. The molecule has 1 aromatic carbocycles. The van der Waals surface area contributed by atoms with Gasteiger partial charge in [-0.2, -0.15) is 0 Å². The summed E-state index contributed by atoms with van der Waals surface area (Å²) in [5.41, 5.74) is 1.90. The van der Waals surface area contributed by atoms with Crippen molar-refractivity contribution in [2.75, 3.05) is 14.1 Å². The first-order chi connectivity index (χ1) is 9.56. The van der Waals surface area contributed by atoms with E-state index in [1.807, 2.05) is 31.2 Å². The van der Waals surface area contributed by atoms with Crippen molar-refractivity contribution >= 4 is 16.9 Å². The van der Waals surface area contributed by atoms with E-state index in [9.17, 15) is 9.59 Å². The van der Waals surface area contributed by atoms with Gasteiger partial charge in [0.25, 0.3) is 0 Å². The Morgan fingerprint density at radius 2 is 1.75 bits per heavy atom. The highest BCUT2D eigenvalue weighted by molar-refractivity contribution is 5.76. The molecule has 0 N–H and O–H groups in total. The highest BCUT2D eigenvalue weighted by atomic mass is 16.2. The first-order valence-corrected chi connectivity index (χ1v) is 6.94. The molecule has 1 heterocycles. The first-order valence-electron chi connectivity index (χ1n) is 6.94. The normalized spacial score (nSPS) is 10.9. The van der Waals surface area contributed by atoms with Crippen LogP contribution in [0.5, 0.6) is 0 Å². The molecule has 0 atom stereocenters. The summed E-state index contributed by atoms with van der Waals surface area (Å²) in [5.74, 6) is 0.0947. The smallest absolute Gasteiger partial charge is 0.329 e. The summed E-state index contributed by atoms with van der Waals surface area (Å²) in [7, 11) is 3.49. The van der Waals surface area contributed by atoms with Crippen molar-refractivity contribution in [1.29, 1.82) is 0 Å². The fourth-order valence-corrected chi connectivity index (χ4v) is 2.41. The molecule has 0 unspecified atom stereocenters. The van der Waals surface area contributed by atoms with Gasteiger partial charge in [-0.3, -0.25) is 13.9 Å². The maximum atomic E-state index is 12.4. The highest BCUT2D eigenvalue weighted by Gasteiger charge is 2.12. The van der Waals surface area contributed by atoms with E-state index in [0.29, 0.717) is 25.9 Å². The third-order valence-corrected chi connectivity index (χ3v) is 3.51. The Morgan fingerprint density at radius 1 is 1.15 bits per heavy atom. The maximum Gasteiger partial charge on any atom is 0.329 e. The first kappa shape index (κ1) is 14.4. The second kappa shape index (κ2) is 5.94. The zero-order valence-corrected chi connectivity index (χ0v) is 12.3. The van der Waals surface area contributed by atoms with E-state index in [0.717, 1.165) is 11.0 Å². The lowest BCUT2D eigenvalue weighted by Crippen LogP contribution is -2.25. The van der Waals surface area contributed by atoms with Gasteiger partial charge in [0.05, 0.1) is 11.0 Å². The van der Waals surface area contributed by atoms with E-state index in [4.69, 9.17) is 0 Å². The number of nitrogens with zero attached hydrogens (tertiary/aromatic N) is 3. The van der Waals surface area contributed by atoms with Crippen LogP contribution in [0.25, 0.3) is 11.0 Å². The van der Waals surface area contributed by atoms with Crippen LogP contribution in [0.3, 0.4) is 0 Å². The minimum absolute atomic E-state index is 0.00556. The summed E-state index contributed by atoms with van der Waals surface area (Å²) >= 11 is 0. The molecule has 0 aliphatic rings. The predicted octanol–water partition coefficient (Wildman–Crippen LogP) is 1.69. The fourth-order valence-electron chi connectivity index (χ4n) is 2.41. The molecule has 0 radical (unpaired) electrons. The van der Waals surface area contributed by atoms with E-state index in [1.165, 1.54) is 0 Å². The summed E-state index contributed by atoms with van der Waals surface area (Å²) < 4.78 is 3.53. The Bertz CT molecular complexity index is 667. The zero-order chi connectivity index (χ0) is 14.7. The summed E-state index contributed by atoms with van der Waals surface area (Å²) in [6, 6.07) is 7.79. The highest BCUT2D eigenvalue weighted by Crippen LogP contribution is 2.13.